The molecule has 5 nitrogen and oxygen atoms in total. The van der Waals surface area contributed by atoms with Crippen LogP contribution in [0.15, 0.2) is 12.1 Å². The number of thioether (sulfide) groups is 1. The van der Waals surface area contributed by atoms with E-state index in [1.165, 1.54) is 4.88 Å². The Bertz CT molecular complexity index is 689. The van der Waals surface area contributed by atoms with E-state index >= 15 is 0 Å². The summed E-state index contributed by atoms with van der Waals surface area (Å²) in [5, 5.41) is 0. The minimum absolute atomic E-state index is 0.130. The highest BCUT2D eigenvalue weighted by Crippen LogP contribution is 2.47. The third kappa shape index (κ3) is 3.31. The molecule has 3 aliphatic rings. The number of piperazine rings is 1. The highest BCUT2D eigenvalue weighted by Gasteiger charge is 2.53. The van der Waals surface area contributed by atoms with Crippen LogP contribution in [0.4, 0.5) is 0 Å². The van der Waals surface area contributed by atoms with Crippen molar-refractivity contribution in [3.8, 4) is 0 Å². The molecule has 136 valence electrons. The zero-order valence-corrected chi connectivity index (χ0v) is 16.6. The Hall–Kier alpha value is -0.760. The molecule has 25 heavy (non-hydrogen) atoms. The molecule has 0 saturated carbocycles. The van der Waals surface area contributed by atoms with Gasteiger partial charge in [0.25, 0.3) is 0 Å². The van der Waals surface area contributed by atoms with Gasteiger partial charge in [0.2, 0.25) is 11.8 Å². The summed E-state index contributed by atoms with van der Waals surface area (Å²) in [6.07, 6.45) is 1.43. The molecule has 8 heteroatoms. The number of thiophene rings is 1. The summed E-state index contributed by atoms with van der Waals surface area (Å²) in [5.74, 6) is 0.999. The van der Waals surface area contributed by atoms with Gasteiger partial charge in [0.05, 0.1) is 9.21 Å². The molecule has 0 N–H and O–H groups in total. The maximum atomic E-state index is 13.0. The SMILES string of the molecule is CC12CCC(=O)N1C(C(=O)N1CCN(Cc3ccc(Cl)s3)CC1)CS2. The highest BCUT2D eigenvalue weighted by molar-refractivity contribution is 8.01. The summed E-state index contributed by atoms with van der Waals surface area (Å²) in [7, 11) is 0. The molecule has 4 heterocycles. The zero-order chi connectivity index (χ0) is 17.6. The van der Waals surface area contributed by atoms with Crippen LogP contribution in [0.3, 0.4) is 0 Å². The molecule has 3 aliphatic heterocycles. The lowest BCUT2D eigenvalue weighted by atomic mass is 10.2. The maximum absolute atomic E-state index is 13.0. The van der Waals surface area contributed by atoms with Gasteiger partial charge in [-0.15, -0.1) is 23.1 Å². The number of nitrogens with zero attached hydrogens (tertiary/aromatic N) is 3. The smallest absolute Gasteiger partial charge is 0.246 e. The van der Waals surface area contributed by atoms with Crippen LogP contribution < -0.4 is 0 Å². The van der Waals surface area contributed by atoms with Gasteiger partial charge in [0, 0.05) is 49.8 Å². The average Bonchev–Trinajstić information content (AvgIpc) is 3.24. The van der Waals surface area contributed by atoms with E-state index < -0.39 is 0 Å². The number of hydrogen-bond donors (Lipinski definition) is 0. The fourth-order valence-electron chi connectivity index (χ4n) is 4.00. The third-order valence-corrected chi connectivity index (χ3v) is 8.14. The number of carbonyl (C=O) groups excluding carboxylic acids is 2. The first-order chi connectivity index (χ1) is 12.0. The number of hydrogen-bond acceptors (Lipinski definition) is 5. The van der Waals surface area contributed by atoms with E-state index in [1.54, 1.807) is 23.1 Å². The van der Waals surface area contributed by atoms with Gasteiger partial charge in [0.1, 0.15) is 6.04 Å². The molecule has 3 fully saturated rings. The van der Waals surface area contributed by atoms with Gasteiger partial charge in [-0.2, -0.15) is 0 Å². The normalized spacial score (nSPS) is 30.2. The van der Waals surface area contributed by atoms with Gasteiger partial charge in [-0.3, -0.25) is 14.5 Å². The Kier molecular flexibility index (Phi) is 4.77. The van der Waals surface area contributed by atoms with Crippen molar-refractivity contribution in [1.29, 1.82) is 0 Å². The lowest BCUT2D eigenvalue weighted by molar-refractivity contribution is -0.144. The first-order valence-electron chi connectivity index (χ1n) is 8.68. The summed E-state index contributed by atoms with van der Waals surface area (Å²) in [5.41, 5.74) is 0. The second-order valence-corrected chi connectivity index (χ2v) is 10.4. The topological polar surface area (TPSA) is 43.9 Å². The first kappa shape index (κ1) is 17.6. The number of carbonyl (C=O) groups is 2. The number of halogens is 1. The average molecular weight is 400 g/mol. The Morgan fingerprint density at radius 3 is 2.76 bits per heavy atom. The van der Waals surface area contributed by atoms with Crippen LogP contribution in [0.2, 0.25) is 4.34 Å². The summed E-state index contributed by atoms with van der Waals surface area (Å²) in [4.78, 5) is 32.5. The van der Waals surface area contributed by atoms with Crippen molar-refractivity contribution in [2.45, 2.75) is 37.2 Å². The summed E-state index contributed by atoms with van der Waals surface area (Å²) in [6, 6.07) is 3.73. The number of fused-ring (bicyclic) bond motifs is 1. The van der Waals surface area contributed by atoms with E-state index in [0.29, 0.717) is 6.42 Å². The van der Waals surface area contributed by atoms with Crippen LogP contribution in [0.25, 0.3) is 0 Å². The monoisotopic (exact) mass is 399 g/mol. The minimum atomic E-state index is -0.271. The van der Waals surface area contributed by atoms with Gasteiger partial charge in [-0.05, 0) is 25.5 Å². The van der Waals surface area contributed by atoms with Crippen LogP contribution in [-0.4, -0.2) is 69.4 Å². The Balaban J connectivity index is 1.35. The Labute approximate surface area is 161 Å². The molecular formula is C17H22ClN3O2S2. The highest BCUT2D eigenvalue weighted by atomic mass is 35.5. The Morgan fingerprint density at radius 2 is 2.08 bits per heavy atom. The number of rotatable bonds is 3. The molecule has 0 spiro atoms. The van der Waals surface area contributed by atoms with Gasteiger partial charge in [-0.25, -0.2) is 0 Å². The lowest BCUT2D eigenvalue weighted by Gasteiger charge is -2.38. The molecule has 0 radical (unpaired) electrons. The molecule has 2 atom stereocenters. The molecule has 2 unspecified atom stereocenters. The molecule has 3 saturated heterocycles. The standard InChI is InChI=1S/C17H22ClN3O2S2/c1-17-5-4-15(22)21(17)13(11-24-17)16(23)20-8-6-19(7-9-20)10-12-2-3-14(18)25-12/h2-3,13H,4-11H2,1H3. The molecule has 0 bridgehead atoms. The van der Waals surface area contributed by atoms with Crippen LogP contribution in [0.5, 0.6) is 0 Å². The van der Waals surface area contributed by atoms with Crippen molar-refractivity contribution in [2.24, 2.45) is 0 Å². The minimum Gasteiger partial charge on any atom is -0.338 e. The van der Waals surface area contributed by atoms with Crippen LogP contribution >= 0.6 is 34.7 Å². The van der Waals surface area contributed by atoms with Crippen molar-refractivity contribution in [3.05, 3.63) is 21.3 Å². The lowest BCUT2D eigenvalue weighted by Crippen LogP contribution is -2.56. The third-order valence-electron chi connectivity index (χ3n) is 5.42. The van der Waals surface area contributed by atoms with E-state index in [0.717, 1.165) is 49.2 Å². The molecule has 0 aromatic carbocycles. The molecule has 4 rings (SSSR count). The maximum Gasteiger partial charge on any atom is 0.246 e. The Morgan fingerprint density at radius 1 is 1.32 bits per heavy atom. The first-order valence-corrected chi connectivity index (χ1v) is 10.9. The van der Waals surface area contributed by atoms with E-state index in [1.807, 2.05) is 15.9 Å². The summed E-state index contributed by atoms with van der Waals surface area (Å²) in [6.45, 7) is 6.19. The summed E-state index contributed by atoms with van der Waals surface area (Å²) >= 11 is 9.37. The second kappa shape index (κ2) is 6.76. The zero-order valence-electron chi connectivity index (χ0n) is 14.2. The largest absolute Gasteiger partial charge is 0.338 e. The predicted octanol–water partition coefficient (Wildman–Crippen LogP) is 2.50. The van der Waals surface area contributed by atoms with Crippen molar-refractivity contribution in [2.75, 3.05) is 31.9 Å². The fourth-order valence-corrected chi connectivity index (χ4v) is 6.55. The van der Waals surface area contributed by atoms with Gasteiger partial charge in [-0.1, -0.05) is 11.6 Å². The van der Waals surface area contributed by atoms with E-state index in [4.69, 9.17) is 11.6 Å². The van der Waals surface area contributed by atoms with Crippen molar-refractivity contribution >= 4 is 46.5 Å². The molecule has 1 aromatic heterocycles. The van der Waals surface area contributed by atoms with Crippen LogP contribution in [-0.2, 0) is 16.1 Å². The van der Waals surface area contributed by atoms with Gasteiger partial charge in [0.15, 0.2) is 0 Å². The van der Waals surface area contributed by atoms with Crippen molar-refractivity contribution in [3.63, 3.8) is 0 Å². The second-order valence-electron chi connectivity index (χ2n) is 7.07. The van der Waals surface area contributed by atoms with E-state index in [-0.39, 0.29) is 22.7 Å². The molecule has 1 aromatic rings. The fraction of sp³-hybridized carbons (Fsp3) is 0.647. The summed E-state index contributed by atoms with van der Waals surface area (Å²) < 4.78 is 0.820. The van der Waals surface area contributed by atoms with Crippen LogP contribution in [0.1, 0.15) is 24.6 Å². The predicted molar refractivity (Wildman–Crippen MR) is 102 cm³/mol. The van der Waals surface area contributed by atoms with Gasteiger partial charge >= 0.3 is 0 Å². The molecule has 2 amide bonds. The van der Waals surface area contributed by atoms with Crippen LogP contribution in [0, 0.1) is 0 Å². The molecule has 0 aliphatic carbocycles. The molecular weight excluding hydrogens is 378 g/mol. The van der Waals surface area contributed by atoms with Gasteiger partial charge < -0.3 is 9.80 Å². The van der Waals surface area contributed by atoms with E-state index in [9.17, 15) is 9.59 Å². The van der Waals surface area contributed by atoms with Crippen molar-refractivity contribution < 1.29 is 9.59 Å². The van der Waals surface area contributed by atoms with E-state index in [2.05, 4.69) is 17.9 Å². The quantitative estimate of drug-likeness (QED) is 0.783. The van der Waals surface area contributed by atoms with Crippen molar-refractivity contribution in [1.82, 2.24) is 14.7 Å². The number of amides is 2.